The maximum atomic E-state index is 12.1. The summed E-state index contributed by atoms with van der Waals surface area (Å²) in [6.45, 7) is 0.360. The van der Waals surface area contributed by atoms with Crippen LogP contribution < -0.4 is 16.0 Å². The Balaban J connectivity index is 1.47. The third-order valence-electron chi connectivity index (χ3n) is 3.85. The number of thiocarbonyl (C=S) groups is 1. The molecule has 0 bridgehead atoms. The summed E-state index contributed by atoms with van der Waals surface area (Å²) in [6, 6.07) is 12.1. The molecule has 1 aliphatic rings. The van der Waals surface area contributed by atoms with Crippen LogP contribution in [0.1, 0.15) is 6.42 Å². The van der Waals surface area contributed by atoms with Gasteiger partial charge >= 0.3 is 12.0 Å². The summed E-state index contributed by atoms with van der Waals surface area (Å²) in [6.07, 6.45) is 0.541. The number of rotatable bonds is 4. The van der Waals surface area contributed by atoms with Crippen molar-refractivity contribution in [2.45, 2.75) is 12.5 Å². The highest BCUT2D eigenvalue weighted by Gasteiger charge is 2.27. The zero-order chi connectivity index (χ0) is 19.2. The molecule has 3 N–H and O–H groups in total. The van der Waals surface area contributed by atoms with Gasteiger partial charge in [-0.25, -0.2) is 9.59 Å². The highest BCUT2D eigenvalue weighted by Crippen LogP contribution is 2.22. The normalized spacial score (nSPS) is 15.9. The van der Waals surface area contributed by atoms with Crippen molar-refractivity contribution in [2.24, 2.45) is 0 Å². The molecule has 1 fully saturated rings. The van der Waals surface area contributed by atoms with Gasteiger partial charge < -0.3 is 15.4 Å². The number of anilines is 1. The molecule has 0 aromatic heterocycles. The fourth-order valence-corrected chi connectivity index (χ4v) is 3.47. The number of fused-ring (bicyclic) bond motifs is 1. The van der Waals surface area contributed by atoms with Gasteiger partial charge in [-0.2, -0.15) is 0 Å². The smallest absolute Gasteiger partial charge is 0.328 e. The first-order valence-corrected chi connectivity index (χ1v) is 9.61. The molecule has 7 nitrogen and oxygen atoms in total. The summed E-state index contributed by atoms with van der Waals surface area (Å²) < 4.78 is 5.14. The van der Waals surface area contributed by atoms with Crippen molar-refractivity contribution in [3.8, 4) is 0 Å². The number of urea groups is 1. The van der Waals surface area contributed by atoms with Crippen LogP contribution in [-0.2, 0) is 14.3 Å². The number of esters is 1. The van der Waals surface area contributed by atoms with E-state index in [1.165, 1.54) is 0 Å². The van der Waals surface area contributed by atoms with Crippen LogP contribution in [0, 0.1) is 0 Å². The Bertz CT molecular complexity index is 898. The van der Waals surface area contributed by atoms with E-state index in [1.54, 1.807) is 6.07 Å². The van der Waals surface area contributed by atoms with Crippen LogP contribution in [0.4, 0.5) is 10.5 Å². The lowest BCUT2D eigenvalue weighted by atomic mass is 10.1. The molecule has 0 aliphatic carbocycles. The van der Waals surface area contributed by atoms with Crippen molar-refractivity contribution in [3.63, 3.8) is 0 Å². The largest absolute Gasteiger partial charge is 0.464 e. The standard InChI is InChI=1S/C18H17N3O4S2/c22-15(10-27-18(26)20-14-8-9-25-16(14)23)21-17(24)19-13-7-3-5-11-4-1-2-6-12(11)13/h1-7,14H,8-10H2,(H,20,26)(H2,19,21,22,24)/t14-/m0/s1. The van der Waals surface area contributed by atoms with Gasteiger partial charge in [-0.1, -0.05) is 60.4 Å². The van der Waals surface area contributed by atoms with E-state index in [2.05, 4.69) is 16.0 Å². The minimum Gasteiger partial charge on any atom is -0.464 e. The minimum atomic E-state index is -0.616. The number of amides is 3. The lowest BCUT2D eigenvalue weighted by molar-refractivity contribution is -0.139. The van der Waals surface area contributed by atoms with Crippen molar-refractivity contribution >= 4 is 62.7 Å². The van der Waals surface area contributed by atoms with E-state index in [1.807, 2.05) is 36.4 Å². The Morgan fingerprint density at radius 1 is 1.19 bits per heavy atom. The molecule has 1 aliphatic heterocycles. The number of cyclic esters (lactones) is 1. The number of benzene rings is 2. The molecule has 1 heterocycles. The van der Waals surface area contributed by atoms with Crippen molar-refractivity contribution in [1.82, 2.24) is 10.6 Å². The molecule has 9 heteroatoms. The molecule has 140 valence electrons. The fourth-order valence-electron chi connectivity index (χ4n) is 2.59. The molecule has 2 aromatic carbocycles. The maximum Gasteiger partial charge on any atom is 0.328 e. The minimum absolute atomic E-state index is 0.0451. The Morgan fingerprint density at radius 2 is 1.96 bits per heavy atom. The van der Waals surface area contributed by atoms with Crippen LogP contribution in [0.2, 0.25) is 0 Å². The third kappa shape index (κ3) is 5.18. The molecule has 1 saturated heterocycles. The average molecular weight is 403 g/mol. The molecule has 27 heavy (non-hydrogen) atoms. The number of carbonyl (C=O) groups is 3. The van der Waals surface area contributed by atoms with Crippen LogP contribution in [0.5, 0.6) is 0 Å². The van der Waals surface area contributed by atoms with Gasteiger partial charge in [0.25, 0.3) is 0 Å². The van der Waals surface area contributed by atoms with Crippen LogP contribution in [-0.4, -0.2) is 40.6 Å². The quantitative estimate of drug-likeness (QED) is 0.533. The maximum absolute atomic E-state index is 12.1. The zero-order valence-electron chi connectivity index (χ0n) is 14.2. The lowest BCUT2D eigenvalue weighted by Gasteiger charge is -2.11. The van der Waals surface area contributed by atoms with Gasteiger partial charge in [0.05, 0.1) is 18.0 Å². The van der Waals surface area contributed by atoms with E-state index >= 15 is 0 Å². The summed E-state index contributed by atoms with van der Waals surface area (Å²) in [5, 5.41) is 9.64. The SMILES string of the molecule is O=C(CSC(=S)N[C@H]1CCOC1=O)NC(=O)Nc1cccc2ccccc12. The second kappa shape index (κ2) is 8.83. The second-order valence-electron chi connectivity index (χ2n) is 5.76. The van der Waals surface area contributed by atoms with E-state index < -0.39 is 18.0 Å². The number of ether oxygens (including phenoxy) is 1. The molecular formula is C18H17N3O4S2. The summed E-state index contributed by atoms with van der Waals surface area (Å²) in [5.41, 5.74) is 0.614. The average Bonchev–Trinajstić information content (AvgIpc) is 3.05. The topological polar surface area (TPSA) is 96.5 Å². The van der Waals surface area contributed by atoms with Crippen molar-refractivity contribution in [2.75, 3.05) is 17.7 Å². The highest BCUT2D eigenvalue weighted by molar-refractivity contribution is 8.23. The number of nitrogens with one attached hydrogen (secondary N) is 3. The van der Waals surface area contributed by atoms with Gasteiger partial charge in [0.2, 0.25) is 5.91 Å². The number of carbonyl (C=O) groups excluding carboxylic acids is 3. The third-order valence-corrected chi connectivity index (χ3v) is 5.11. The number of imide groups is 1. The number of hydrogen-bond acceptors (Lipinski definition) is 6. The first kappa shape index (κ1) is 19.1. The van der Waals surface area contributed by atoms with Gasteiger partial charge in [-0.15, -0.1) is 0 Å². The molecule has 1 atom stereocenters. The first-order valence-electron chi connectivity index (χ1n) is 8.21. The number of hydrogen-bond donors (Lipinski definition) is 3. The zero-order valence-corrected chi connectivity index (χ0v) is 15.8. The van der Waals surface area contributed by atoms with Crippen LogP contribution in [0.15, 0.2) is 42.5 Å². The van der Waals surface area contributed by atoms with Crippen molar-refractivity contribution in [1.29, 1.82) is 0 Å². The lowest BCUT2D eigenvalue weighted by Crippen LogP contribution is -2.38. The first-order chi connectivity index (χ1) is 13.0. The second-order valence-corrected chi connectivity index (χ2v) is 7.41. The van der Waals surface area contributed by atoms with Crippen LogP contribution >= 0.6 is 24.0 Å². The molecule has 3 amide bonds. The van der Waals surface area contributed by atoms with Gasteiger partial charge in [-0.3, -0.25) is 10.1 Å². The fraction of sp³-hybridized carbons (Fsp3) is 0.222. The van der Waals surface area contributed by atoms with E-state index in [9.17, 15) is 14.4 Å². The van der Waals surface area contributed by atoms with E-state index in [-0.39, 0.29) is 11.7 Å². The van der Waals surface area contributed by atoms with Crippen molar-refractivity contribution in [3.05, 3.63) is 42.5 Å². The van der Waals surface area contributed by atoms with E-state index in [0.717, 1.165) is 22.5 Å². The van der Waals surface area contributed by atoms with Crippen molar-refractivity contribution < 1.29 is 19.1 Å². The summed E-state index contributed by atoms with van der Waals surface area (Å²) >= 11 is 6.14. The van der Waals surface area contributed by atoms with Gasteiger partial charge in [0, 0.05) is 11.8 Å². The Hall–Kier alpha value is -2.65. The predicted molar refractivity (Wildman–Crippen MR) is 109 cm³/mol. The number of thioether (sulfide) groups is 1. The molecule has 0 saturated carbocycles. The van der Waals surface area contributed by atoms with E-state index in [4.69, 9.17) is 17.0 Å². The van der Waals surface area contributed by atoms with Crippen LogP contribution in [0.25, 0.3) is 10.8 Å². The highest BCUT2D eigenvalue weighted by atomic mass is 32.2. The summed E-state index contributed by atoms with van der Waals surface area (Å²) in [5.74, 6) is -0.885. The molecule has 0 radical (unpaired) electrons. The van der Waals surface area contributed by atoms with Gasteiger partial charge in [-0.05, 0) is 11.5 Å². The molecule has 0 unspecified atom stereocenters. The Labute approximate surface area is 165 Å². The molecule has 0 spiro atoms. The van der Waals surface area contributed by atoms with Gasteiger partial charge in [0.1, 0.15) is 10.4 Å². The molecule has 2 aromatic rings. The van der Waals surface area contributed by atoms with Gasteiger partial charge in [0.15, 0.2) is 0 Å². The monoisotopic (exact) mass is 403 g/mol. The molecular weight excluding hydrogens is 386 g/mol. The Morgan fingerprint density at radius 3 is 2.74 bits per heavy atom. The predicted octanol–water partition coefficient (Wildman–Crippen LogP) is 2.41. The van der Waals surface area contributed by atoms with E-state index in [0.29, 0.717) is 23.0 Å². The van der Waals surface area contributed by atoms with Crippen LogP contribution in [0.3, 0.4) is 0 Å². The Kier molecular flexibility index (Phi) is 6.25. The summed E-state index contributed by atoms with van der Waals surface area (Å²) in [7, 11) is 0. The summed E-state index contributed by atoms with van der Waals surface area (Å²) in [4.78, 5) is 35.4. The molecule has 3 rings (SSSR count).